The fourth-order valence-electron chi connectivity index (χ4n) is 2.99. The normalized spacial score (nSPS) is 16.4. The molecule has 1 aliphatic heterocycles. The second-order valence-electron chi connectivity index (χ2n) is 6.59. The molecule has 0 spiro atoms. The summed E-state index contributed by atoms with van der Waals surface area (Å²) in [6.45, 7) is 8.17. The Hall–Kier alpha value is -2.69. The lowest BCUT2D eigenvalue weighted by Gasteiger charge is -2.17. The van der Waals surface area contributed by atoms with Crippen LogP contribution in [0.2, 0.25) is 0 Å². The summed E-state index contributed by atoms with van der Waals surface area (Å²) in [5.74, 6) is 1.88. The Labute approximate surface area is 154 Å². The first-order valence-electron chi connectivity index (χ1n) is 8.96. The number of amides is 1. The molecule has 5 heteroatoms. The monoisotopic (exact) mass is 355 g/mol. The molecular formula is C21H25NO4. The van der Waals surface area contributed by atoms with Crippen molar-refractivity contribution in [2.45, 2.75) is 46.3 Å². The van der Waals surface area contributed by atoms with E-state index in [0.29, 0.717) is 23.8 Å². The number of aryl methyl sites for hydroxylation is 1. The number of rotatable bonds is 6. The van der Waals surface area contributed by atoms with Crippen molar-refractivity contribution in [3.63, 3.8) is 0 Å². The molecule has 0 saturated carbocycles. The quantitative estimate of drug-likeness (QED) is 0.847. The maximum absolute atomic E-state index is 12.6. The van der Waals surface area contributed by atoms with Gasteiger partial charge in [-0.05, 0) is 51.5 Å². The highest BCUT2D eigenvalue weighted by molar-refractivity contribution is 5.95. The van der Waals surface area contributed by atoms with Gasteiger partial charge in [0.05, 0.1) is 12.3 Å². The molecule has 2 aromatic carbocycles. The summed E-state index contributed by atoms with van der Waals surface area (Å²) >= 11 is 0. The number of nitrogens with one attached hydrogen (secondary N) is 1. The molecule has 0 radical (unpaired) electrons. The van der Waals surface area contributed by atoms with Gasteiger partial charge in [-0.25, -0.2) is 0 Å². The minimum absolute atomic E-state index is 0.133. The van der Waals surface area contributed by atoms with Crippen LogP contribution in [-0.2, 0) is 11.2 Å². The summed E-state index contributed by atoms with van der Waals surface area (Å²) in [5, 5.41) is 2.91. The molecule has 0 fully saturated rings. The molecule has 2 aromatic rings. The number of benzene rings is 2. The molecular weight excluding hydrogens is 330 g/mol. The van der Waals surface area contributed by atoms with Crippen LogP contribution >= 0.6 is 0 Å². The van der Waals surface area contributed by atoms with E-state index in [1.165, 1.54) is 0 Å². The van der Waals surface area contributed by atoms with Gasteiger partial charge in [-0.15, -0.1) is 0 Å². The van der Waals surface area contributed by atoms with Gasteiger partial charge in [-0.2, -0.15) is 0 Å². The molecule has 2 atom stereocenters. The van der Waals surface area contributed by atoms with Gasteiger partial charge in [0.1, 0.15) is 23.4 Å². The molecule has 1 heterocycles. The van der Waals surface area contributed by atoms with Crippen LogP contribution in [0.3, 0.4) is 0 Å². The van der Waals surface area contributed by atoms with Gasteiger partial charge in [0.15, 0.2) is 6.10 Å². The van der Waals surface area contributed by atoms with Crippen LogP contribution in [0, 0.1) is 6.92 Å². The number of carbonyl (C=O) groups is 1. The van der Waals surface area contributed by atoms with Crippen LogP contribution in [0.4, 0.5) is 5.69 Å². The highest BCUT2D eigenvalue weighted by Crippen LogP contribution is 2.38. The lowest BCUT2D eigenvalue weighted by atomic mass is 10.1. The van der Waals surface area contributed by atoms with E-state index in [1.807, 2.05) is 57.2 Å². The van der Waals surface area contributed by atoms with Gasteiger partial charge in [0.25, 0.3) is 5.91 Å². The van der Waals surface area contributed by atoms with Crippen LogP contribution in [0.5, 0.6) is 17.2 Å². The lowest BCUT2D eigenvalue weighted by Crippen LogP contribution is -2.30. The fourth-order valence-corrected chi connectivity index (χ4v) is 2.99. The summed E-state index contributed by atoms with van der Waals surface area (Å²) in [5.41, 5.74) is 2.78. The van der Waals surface area contributed by atoms with Crippen molar-refractivity contribution < 1.29 is 19.0 Å². The third-order valence-corrected chi connectivity index (χ3v) is 4.23. The molecule has 1 aliphatic rings. The summed E-state index contributed by atoms with van der Waals surface area (Å²) < 4.78 is 17.2. The zero-order chi connectivity index (χ0) is 18.7. The van der Waals surface area contributed by atoms with Crippen LogP contribution in [0.1, 0.15) is 31.9 Å². The van der Waals surface area contributed by atoms with E-state index in [4.69, 9.17) is 14.2 Å². The van der Waals surface area contributed by atoms with E-state index in [-0.39, 0.29) is 12.0 Å². The Morgan fingerprint density at radius 1 is 1.35 bits per heavy atom. The lowest BCUT2D eigenvalue weighted by molar-refractivity contribution is -0.122. The second-order valence-corrected chi connectivity index (χ2v) is 6.59. The zero-order valence-corrected chi connectivity index (χ0v) is 15.7. The highest BCUT2D eigenvalue weighted by Gasteiger charge is 2.24. The maximum Gasteiger partial charge on any atom is 0.265 e. The van der Waals surface area contributed by atoms with E-state index >= 15 is 0 Å². The number of ether oxygens (including phenoxy) is 3. The number of carbonyl (C=O) groups excluding carboxylic acids is 1. The van der Waals surface area contributed by atoms with Crippen molar-refractivity contribution in [3.05, 3.63) is 47.5 Å². The second kappa shape index (κ2) is 7.68. The first-order chi connectivity index (χ1) is 12.5. The highest BCUT2D eigenvalue weighted by atomic mass is 16.5. The summed E-state index contributed by atoms with van der Waals surface area (Å²) in [4.78, 5) is 12.6. The van der Waals surface area contributed by atoms with Gasteiger partial charge in [-0.1, -0.05) is 12.1 Å². The molecule has 1 N–H and O–H groups in total. The molecule has 3 rings (SSSR count). The Balaban J connectivity index is 1.74. The molecule has 5 nitrogen and oxygen atoms in total. The largest absolute Gasteiger partial charge is 0.492 e. The first kappa shape index (κ1) is 18.1. The van der Waals surface area contributed by atoms with E-state index < -0.39 is 6.10 Å². The van der Waals surface area contributed by atoms with Crippen LogP contribution in [0.15, 0.2) is 36.4 Å². The number of hydrogen-bond donors (Lipinski definition) is 1. The average molecular weight is 355 g/mol. The van der Waals surface area contributed by atoms with E-state index in [0.717, 1.165) is 23.3 Å². The zero-order valence-electron chi connectivity index (χ0n) is 15.7. The minimum Gasteiger partial charge on any atom is -0.492 e. The van der Waals surface area contributed by atoms with E-state index in [9.17, 15) is 4.79 Å². The maximum atomic E-state index is 12.6. The molecule has 2 unspecified atom stereocenters. The topological polar surface area (TPSA) is 56.8 Å². The SMILES string of the molecule is CCOc1cc2c(cc1NC(=O)C(C)Oc1cccc(C)c1)OC(C)C2. The predicted octanol–water partition coefficient (Wildman–Crippen LogP) is 4.12. The first-order valence-corrected chi connectivity index (χ1v) is 8.96. The molecule has 0 bridgehead atoms. The Bertz CT molecular complexity index is 803. The minimum atomic E-state index is -0.639. The Kier molecular flexibility index (Phi) is 5.35. The van der Waals surface area contributed by atoms with Crippen LogP contribution < -0.4 is 19.5 Å². The van der Waals surface area contributed by atoms with Crippen molar-refractivity contribution in [1.29, 1.82) is 0 Å². The Morgan fingerprint density at radius 2 is 2.15 bits per heavy atom. The van der Waals surface area contributed by atoms with Crippen LogP contribution in [0.25, 0.3) is 0 Å². The van der Waals surface area contributed by atoms with Crippen molar-refractivity contribution in [2.75, 3.05) is 11.9 Å². The molecule has 138 valence electrons. The number of hydrogen-bond acceptors (Lipinski definition) is 4. The van der Waals surface area contributed by atoms with Crippen molar-refractivity contribution >= 4 is 11.6 Å². The average Bonchev–Trinajstić information content (AvgIpc) is 2.94. The number of anilines is 1. The standard InChI is InChI=1S/C21H25NO4/c1-5-24-20-11-16-10-14(3)25-19(16)12-18(20)22-21(23)15(4)26-17-8-6-7-13(2)9-17/h6-9,11-12,14-15H,5,10H2,1-4H3,(H,22,23). The van der Waals surface area contributed by atoms with Gasteiger partial charge in [0, 0.05) is 18.1 Å². The van der Waals surface area contributed by atoms with Gasteiger partial charge in [0.2, 0.25) is 0 Å². The molecule has 26 heavy (non-hydrogen) atoms. The summed E-state index contributed by atoms with van der Waals surface area (Å²) in [6, 6.07) is 11.4. The summed E-state index contributed by atoms with van der Waals surface area (Å²) in [7, 11) is 0. The Morgan fingerprint density at radius 3 is 2.88 bits per heavy atom. The van der Waals surface area contributed by atoms with Crippen molar-refractivity contribution in [3.8, 4) is 17.2 Å². The van der Waals surface area contributed by atoms with E-state index in [1.54, 1.807) is 6.92 Å². The van der Waals surface area contributed by atoms with Gasteiger partial charge < -0.3 is 19.5 Å². The molecule has 0 aromatic heterocycles. The van der Waals surface area contributed by atoms with E-state index in [2.05, 4.69) is 5.32 Å². The molecule has 1 amide bonds. The molecule has 0 aliphatic carbocycles. The van der Waals surface area contributed by atoms with Crippen molar-refractivity contribution in [2.24, 2.45) is 0 Å². The third kappa shape index (κ3) is 4.10. The third-order valence-electron chi connectivity index (χ3n) is 4.23. The smallest absolute Gasteiger partial charge is 0.265 e. The predicted molar refractivity (Wildman–Crippen MR) is 101 cm³/mol. The van der Waals surface area contributed by atoms with Crippen LogP contribution in [-0.4, -0.2) is 24.7 Å². The fraction of sp³-hybridized carbons (Fsp3) is 0.381. The summed E-state index contributed by atoms with van der Waals surface area (Å²) in [6.07, 6.45) is 0.338. The van der Waals surface area contributed by atoms with Gasteiger partial charge >= 0.3 is 0 Å². The number of fused-ring (bicyclic) bond motifs is 1. The van der Waals surface area contributed by atoms with Gasteiger partial charge in [-0.3, -0.25) is 4.79 Å². The van der Waals surface area contributed by atoms with Crippen molar-refractivity contribution in [1.82, 2.24) is 0 Å². The molecule has 0 saturated heterocycles.